The highest BCUT2D eigenvalue weighted by atomic mass is 32.1. The third-order valence-electron chi connectivity index (χ3n) is 2.92. The second-order valence-corrected chi connectivity index (χ2v) is 5.39. The Bertz CT molecular complexity index is 752. The van der Waals surface area contributed by atoms with Gasteiger partial charge >= 0.3 is 0 Å². The molecule has 98 valence electrons. The maximum absolute atomic E-state index is 12.3. The van der Waals surface area contributed by atoms with E-state index < -0.39 is 5.91 Å². The smallest absolute Gasteiger partial charge is 0.271 e. The van der Waals surface area contributed by atoms with Gasteiger partial charge in [-0.1, -0.05) is 5.92 Å². The van der Waals surface area contributed by atoms with Crippen LogP contribution in [0.4, 0.5) is 0 Å². The molecule has 1 amide bonds. The summed E-state index contributed by atoms with van der Waals surface area (Å²) in [5.41, 5.74) is 0.503. The van der Waals surface area contributed by atoms with E-state index >= 15 is 0 Å². The number of hydrogen-bond donors (Lipinski definition) is 0. The molecule has 19 heavy (non-hydrogen) atoms. The number of carbonyl (C=O) groups excluding carboxylic acids is 1. The standard InChI is InChI=1S/C13H13N3O2S/c1-5-6-15(4)11(17)10-7-14-13-16(12(10)18)8(2)9(3)19-13/h1,7H,6H2,2-4H3. The summed E-state index contributed by atoms with van der Waals surface area (Å²) in [5.74, 6) is 1.96. The summed E-state index contributed by atoms with van der Waals surface area (Å²) in [4.78, 5) is 31.5. The lowest BCUT2D eigenvalue weighted by Gasteiger charge is -2.12. The Morgan fingerprint density at radius 1 is 1.58 bits per heavy atom. The van der Waals surface area contributed by atoms with Crippen molar-refractivity contribution in [1.82, 2.24) is 14.3 Å². The Balaban J connectivity index is 2.61. The van der Waals surface area contributed by atoms with E-state index in [9.17, 15) is 9.59 Å². The number of rotatable bonds is 2. The van der Waals surface area contributed by atoms with Crippen LogP contribution in [0.2, 0.25) is 0 Å². The van der Waals surface area contributed by atoms with Gasteiger partial charge in [-0.3, -0.25) is 14.0 Å². The molecule has 2 rings (SSSR count). The maximum Gasteiger partial charge on any atom is 0.271 e. The van der Waals surface area contributed by atoms with Crippen molar-refractivity contribution in [2.75, 3.05) is 13.6 Å². The van der Waals surface area contributed by atoms with Gasteiger partial charge in [0.25, 0.3) is 11.5 Å². The average molecular weight is 275 g/mol. The van der Waals surface area contributed by atoms with Crippen molar-refractivity contribution in [3.05, 3.63) is 32.7 Å². The molecule has 0 aliphatic rings. The van der Waals surface area contributed by atoms with Crippen molar-refractivity contribution in [3.8, 4) is 12.3 Å². The number of fused-ring (bicyclic) bond motifs is 1. The monoisotopic (exact) mass is 275 g/mol. The first kappa shape index (κ1) is 13.3. The van der Waals surface area contributed by atoms with Gasteiger partial charge < -0.3 is 4.90 Å². The van der Waals surface area contributed by atoms with Gasteiger partial charge in [0.05, 0.1) is 6.54 Å². The molecule has 0 aliphatic carbocycles. The van der Waals surface area contributed by atoms with E-state index in [0.717, 1.165) is 10.6 Å². The van der Waals surface area contributed by atoms with E-state index in [2.05, 4.69) is 10.9 Å². The van der Waals surface area contributed by atoms with E-state index in [4.69, 9.17) is 6.42 Å². The number of aryl methyl sites for hydroxylation is 2. The first-order chi connectivity index (χ1) is 8.97. The van der Waals surface area contributed by atoms with Crippen LogP contribution in [0.25, 0.3) is 4.96 Å². The lowest BCUT2D eigenvalue weighted by Crippen LogP contribution is -2.33. The van der Waals surface area contributed by atoms with Crippen LogP contribution >= 0.6 is 11.3 Å². The van der Waals surface area contributed by atoms with E-state index in [1.54, 1.807) is 7.05 Å². The van der Waals surface area contributed by atoms with Crippen LogP contribution in [-0.4, -0.2) is 33.8 Å². The predicted octanol–water partition coefficient (Wildman–Crippen LogP) is 1.08. The second-order valence-electron chi connectivity index (χ2n) is 4.20. The highest BCUT2D eigenvalue weighted by Gasteiger charge is 2.18. The molecule has 6 heteroatoms. The summed E-state index contributed by atoms with van der Waals surface area (Å²) in [6.45, 7) is 3.91. The number of nitrogens with zero attached hydrogens (tertiary/aromatic N) is 3. The lowest BCUT2D eigenvalue weighted by molar-refractivity contribution is 0.0810. The molecule has 5 nitrogen and oxygen atoms in total. The van der Waals surface area contributed by atoms with Gasteiger partial charge in [-0.15, -0.1) is 17.8 Å². The molecule has 0 N–H and O–H groups in total. The molecule has 0 bridgehead atoms. The SMILES string of the molecule is C#CCN(C)C(=O)c1cnc2sc(C)c(C)n2c1=O. The van der Waals surface area contributed by atoms with Crippen molar-refractivity contribution >= 4 is 22.2 Å². The zero-order valence-corrected chi connectivity index (χ0v) is 11.7. The summed E-state index contributed by atoms with van der Waals surface area (Å²) in [7, 11) is 1.56. The van der Waals surface area contributed by atoms with Gasteiger partial charge in [-0.2, -0.15) is 0 Å². The number of aromatic nitrogens is 2. The maximum atomic E-state index is 12.3. The van der Waals surface area contributed by atoms with E-state index in [0.29, 0.717) is 4.96 Å². The number of terminal acetylenes is 1. The first-order valence-corrected chi connectivity index (χ1v) is 6.45. The predicted molar refractivity (Wildman–Crippen MR) is 74.6 cm³/mol. The van der Waals surface area contributed by atoms with Crippen LogP contribution in [0.3, 0.4) is 0 Å². The Hall–Kier alpha value is -2.13. The molecule has 2 heterocycles. The van der Waals surface area contributed by atoms with Crippen molar-refractivity contribution < 1.29 is 4.79 Å². The minimum absolute atomic E-state index is 0.0381. The zero-order chi connectivity index (χ0) is 14.2. The summed E-state index contributed by atoms with van der Waals surface area (Å²) in [6, 6.07) is 0. The summed E-state index contributed by atoms with van der Waals surface area (Å²) >= 11 is 1.43. The fourth-order valence-corrected chi connectivity index (χ4v) is 2.67. The molecule has 2 aromatic rings. The molecule has 0 saturated heterocycles. The van der Waals surface area contributed by atoms with Crippen molar-refractivity contribution in [3.63, 3.8) is 0 Å². The Morgan fingerprint density at radius 2 is 2.26 bits per heavy atom. The minimum Gasteiger partial charge on any atom is -0.330 e. The fraction of sp³-hybridized carbons (Fsp3) is 0.308. The van der Waals surface area contributed by atoms with Gasteiger partial charge in [-0.25, -0.2) is 4.98 Å². The molecular formula is C13H13N3O2S. The molecule has 2 aromatic heterocycles. The highest BCUT2D eigenvalue weighted by Crippen LogP contribution is 2.18. The van der Waals surface area contributed by atoms with Crippen LogP contribution in [-0.2, 0) is 0 Å². The summed E-state index contributed by atoms with van der Waals surface area (Å²) in [5, 5.41) is 0. The fourth-order valence-electron chi connectivity index (χ4n) is 1.74. The summed E-state index contributed by atoms with van der Waals surface area (Å²) in [6.07, 6.45) is 6.48. The Kier molecular flexibility index (Phi) is 3.40. The zero-order valence-electron chi connectivity index (χ0n) is 10.9. The van der Waals surface area contributed by atoms with E-state index in [-0.39, 0.29) is 17.7 Å². The quantitative estimate of drug-likeness (QED) is 0.771. The molecular weight excluding hydrogens is 262 g/mol. The van der Waals surface area contributed by atoms with Gasteiger partial charge in [0, 0.05) is 23.8 Å². The van der Waals surface area contributed by atoms with Gasteiger partial charge in [0.2, 0.25) is 0 Å². The Morgan fingerprint density at radius 3 is 2.89 bits per heavy atom. The van der Waals surface area contributed by atoms with Crippen LogP contribution in [0.15, 0.2) is 11.0 Å². The number of amides is 1. The number of carbonyl (C=O) groups is 1. The molecule has 0 radical (unpaired) electrons. The number of thiazole rings is 1. The normalized spacial score (nSPS) is 10.4. The second kappa shape index (κ2) is 4.86. The molecule has 0 spiro atoms. The van der Waals surface area contributed by atoms with Gasteiger partial charge in [-0.05, 0) is 13.8 Å². The van der Waals surface area contributed by atoms with Crippen molar-refractivity contribution in [2.45, 2.75) is 13.8 Å². The van der Waals surface area contributed by atoms with Gasteiger partial charge in [0.15, 0.2) is 4.96 Å². The average Bonchev–Trinajstić information content (AvgIpc) is 2.66. The van der Waals surface area contributed by atoms with Crippen LogP contribution < -0.4 is 5.56 Å². The van der Waals surface area contributed by atoms with Gasteiger partial charge in [0.1, 0.15) is 5.56 Å². The molecule has 0 aromatic carbocycles. The summed E-state index contributed by atoms with van der Waals surface area (Å²) < 4.78 is 1.47. The van der Waals surface area contributed by atoms with Crippen molar-refractivity contribution in [2.24, 2.45) is 0 Å². The Labute approximate surface area is 114 Å². The molecule has 0 unspecified atom stereocenters. The molecule has 0 fully saturated rings. The highest BCUT2D eigenvalue weighted by molar-refractivity contribution is 7.17. The minimum atomic E-state index is -0.409. The van der Waals surface area contributed by atoms with E-state index in [1.807, 2.05) is 13.8 Å². The van der Waals surface area contributed by atoms with Crippen LogP contribution in [0.5, 0.6) is 0 Å². The lowest BCUT2D eigenvalue weighted by atomic mass is 10.3. The largest absolute Gasteiger partial charge is 0.330 e. The topological polar surface area (TPSA) is 54.7 Å². The molecule has 0 aliphatic heterocycles. The van der Waals surface area contributed by atoms with Crippen LogP contribution in [0.1, 0.15) is 20.9 Å². The van der Waals surface area contributed by atoms with Crippen molar-refractivity contribution in [1.29, 1.82) is 0 Å². The third kappa shape index (κ3) is 2.13. The third-order valence-corrected chi connectivity index (χ3v) is 4.00. The molecule has 0 atom stereocenters. The molecule has 0 saturated carbocycles. The first-order valence-electron chi connectivity index (χ1n) is 5.64. The van der Waals surface area contributed by atoms with Crippen LogP contribution in [0, 0.1) is 26.2 Å². The number of hydrogen-bond acceptors (Lipinski definition) is 4. The van der Waals surface area contributed by atoms with E-state index in [1.165, 1.54) is 26.8 Å².